The lowest BCUT2D eigenvalue weighted by Gasteiger charge is -2.47. The van der Waals surface area contributed by atoms with Crippen molar-refractivity contribution in [2.75, 3.05) is 0 Å². The Bertz CT molecular complexity index is 420. The van der Waals surface area contributed by atoms with E-state index in [0.717, 1.165) is 6.42 Å². The number of piperidine rings is 1. The molecule has 1 aromatic carbocycles. The molecule has 0 bridgehead atoms. The first-order valence-corrected chi connectivity index (χ1v) is 8.39. The van der Waals surface area contributed by atoms with Gasteiger partial charge in [-0.05, 0) is 58.9 Å². The van der Waals surface area contributed by atoms with Crippen molar-refractivity contribution >= 4 is 0 Å². The summed E-state index contributed by atoms with van der Waals surface area (Å²) in [4.78, 5) is 0. The van der Waals surface area contributed by atoms with E-state index in [-0.39, 0.29) is 11.1 Å². The number of nitrogens with one attached hydrogen (secondary N) is 2. The van der Waals surface area contributed by atoms with Gasteiger partial charge < -0.3 is 10.6 Å². The molecule has 2 heteroatoms. The molecule has 1 aromatic rings. The fourth-order valence-electron chi connectivity index (χ4n) is 3.99. The van der Waals surface area contributed by atoms with Gasteiger partial charge in [-0.1, -0.05) is 37.3 Å². The highest BCUT2D eigenvalue weighted by atomic mass is 15.1. The SMILES string of the molecule is CCC(Cc1ccccc1)NC1CC(C)(C)NC(C)(C)C1. The van der Waals surface area contributed by atoms with Crippen LogP contribution < -0.4 is 10.6 Å². The second kappa shape index (κ2) is 6.50. The zero-order valence-electron chi connectivity index (χ0n) is 14.4. The Morgan fingerprint density at radius 2 is 1.67 bits per heavy atom. The lowest BCUT2D eigenvalue weighted by molar-refractivity contribution is 0.139. The summed E-state index contributed by atoms with van der Waals surface area (Å²) in [5.74, 6) is 0. The first-order valence-electron chi connectivity index (χ1n) is 8.39. The van der Waals surface area contributed by atoms with E-state index in [1.54, 1.807) is 0 Å². The fourth-order valence-corrected chi connectivity index (χ4v) is 3.99. The average molecular weight is 288 g/mol. The molecule has 2 N–H and O–H groups in total. The van der Waals surface area contributed by atoms with Gasteiger partial charge in [0.25, 0.3) is 0 Å². The van der Waals surface area contributed by atoms with Crippen LogP contribution in [-0.4, -0.2) is 23.2 Å². The van der Waals surface area contributed by atoms with Crippen LogP contribution >= 0.6 is 0 Å². The summed E-state index contributed by atoms with van der Waals surface area (Å²) < 4.78 is 0. The third-order valence-electron chi connectivity index (χ3n) is 4.48. The van der Waals surface area contributed by atoms with Crippen LogP contribution in [0.25, 0.3) is 0 Å². The Kier molecular flexibility index (Phi) is 5.11. The molecule has 2 rings (SSSR count). The van der Waals surface area contributed by atoms with Crippen LogP contribution in [0.5, 0.6) is 0 Å². The molecule has 0 saturated carbocycles. The van der Waals surface area contributed by atoms with Gasteiger partial charge in [-0.15, -0.1) is 0 Å². The summed E-state index contributed by atoms with van der Waals surface area (Å²) in [7, 11) is 0. The number of rotatable bonds is 5. The van der Waals surface area contributed by atoms with Crippen molar-refractivity contribution in [1.82, 2.24) is 10.6 Å². The van der Waals surface area contributed by atoms with E-state index in [0.29, 0.717) is 12.1 Å². The van der Waals surface area contributed by atoms with Crippen molar-refractivity contribution in [2.24, 2.45) is 0 Å². The van der Waals surface area contributed by atoms with Crippen molar-refractivity contribution < 1.29 is 0 Å². The van der Waals surface area contributed by atoms with Gasteiger partial charge in [0, 0.05) is 23.2 Å². The Morgan fingerprint density at radius 3 is 2.19 bits per heavy atom. The van der Waals surface area contributed by atoms with Gasteiger partial charge in [0.15, 0.2) is 0 Å². The predicted molar refractivity (Wildman–Crippen MR) is 91.7 cm³/mol. The minimum absolute atomic E-state index is 0.213. The first kappa shape index (κ1) is 16.5. The summed E-state index contributed by atoms with van der Waals surface area (Å²) >= 11 is 0. The van der Waals surface area contributed by atoms with Crippen LogP contribution in [0.3, 0.4) is 0 Å². The van der Waals surface area contributed by atoms with Gasteiger partial charge in [0.1, 0.15) is 0 Å². The summed E-state index contributed by atoms with van der Waals surface area (Å²) in [6, 6.07) is 12.0. The third kappa shape index (κ3) is 5.12. The zero-order chi connectivity index (χ0) is 15.5. The molecule has 1 aliphatic rings. The molecule has 0 aromatic heterocycles. The van der Waals surface area contributed by atoms with Crippen LogP contribution in [0.1, 0.15) is 59.4 Å². The third-order valence-corrected chi connectivity index (χ3v) is 4.48. The number of hydrogen-bond acceptors (Lipinski definition) is 2. The highest BCUT2D eigenvalue weighted by Gasteiger charge is 2.37. The van der Waals surface area contributed by atoms with Gasteiger partial charge >= 0.3 is 0 Å². The molecule has 1 fully saturated rings. The second-order valence-corrected chi connectivity index (χ2v) is 7.96. The molecule has 1 saturated heterocycles. The van der Waals surface area contributed by atoms with Gasteiger partial charge in [0.05, 0.1) is 0 Å². The first-order chi connectivity index (χ1) is 9.80. The molecule has 118 valence electrons. The van der Waals surface area contributed by atoms with Gasteiger partial charge in [-0.25, -0.2) is 0 Å². The molecule has 0 amide bonds. The summed E-state index contributed by atoms with van der Waals surface area (Å²) in [5.41, 5.74) is 1.86. The van der Waals surface area contributed by atoms with E-state index < -0.39 is 0 Å². The van der Waals surface area contributed by atoms with Crippen LogP contribution in [0, 0.1) is 0 Å². The highest BCUT2D eigenvalue weighted by molar-refractivity contribution is 5.16. The molecular formula is C19H32N2. The summed E-state index contributed by atoms with van der Waals surface area (Å²) in [6.45, 7) is 11.6. The molecular weight excluding hydrogens is 256 g/mol. The van der Waals surface area contributed by atoms with E-state index >= 15 is 0 Å². The average Bonchev–Trinajstić information content (AvgIpc) is 2.35. The molecule has 0 spiro atoms. The maximum Gasteiger partial charge on any atom is 0.0144 e. The van der Waals surface area contributed by atoms with Gasteiger partial charge in [0.2, 0.25) is 0 Å². The largest absolute Gasteiger partial charge is 0.311 e. The van der Waals surface area contributed by atoms with E-state index in [2.05, 4.69) is 75.6 Å². The quantitative estimate of drug-likeness (QED) is 0.858. The summed E-state index contributed by atoms with van der Waals surface area (Å²) in [5, 5.41) is 7.69. The van der Waals surface area contributed by atoms with Crippen molar-refractivity contribution in [3.8, 4) is 0 Å². The van der Waals surface area contributed by atoms with E-state index in [1.807, 2.05) is 0 Å². The van der Waals surface area contributed by atoms with Gasteiger partial charge in [-0.2, -0.15) is 0 Å². The van der Waals surface area contributed by atoms with Crippen LogP contribution in [0.15, 0.2) is 30.3 Å². The maximum atomic E-state index is 3.93. The minimum Gasteiger partial charge on any atom is -0.311 e. The monoisotopic (exact) mass is 288 g/mol. The van der Waals surface area contributed by atoms with Gasteiger partial charge in [-0.3, -0.25) is 0 Å². The van der Waals surface area contributed by atoms with E-state index in [9.17, 15) is 0 Å². The Labute approximate surface area is 130 Å². The number of hydrogen-bond donors (Lipinski definition) is 2. The lowest BCUT2D eigenvalue weighted by atomic mass is 9.79. The van der Waals surface area contributed by atoms with Crippen LogP contribution in [-0.2, 0) is 6.42 Å². The zero-order valence-corrected chi connectivity index (χ0v) is 14.4. The summed E-state index contributed by atoms with van der Waals surface area (Å²) in [6.07, 6.45) is 4.70. The van der Waals surface area contributed by atoms with Crippen LogP contribution in [0.4, 0.5) is 0 Å². The molecule has 1 heterocycles. The Hall–Kier alpha value is -0.860. The fraction of sp³-hybridized carbons (Fsp3) is 0.684. The minimum atomic E-state index is 0.213. The van der Waals surface area contributed by atoms with E-state index in [1.165, 1.54) is 24.8 Å². The number of benzene rings is 1. The molecule has 0 aliphatic carbocycles. The van der Waals surface area contributed by atoms with Crippen molar-refractivity contribution in [3.63, 3.8) is 0 Å². The van der Waals surface area contributed by atoms with Crippen molar-refractivity contribution in [3.05, 3.63) is 35.9 Å². The topological polar surface area (TPSA) is 24.1 Å². The second-order valence-electron chi connectivity index (χ2n) is 7.96. The normalized spacial score (nSPS) is 22.9. The molecule has 1 unspecified atom stereocenters. The van der Waals surface area contributed by atoms with E-state index in [4.69, 9.17) is 0 Å². The Balaban J connectivity index is 1.98. The smallest absolute Gasteiger partial charge is 0.0144 e. The molecule has 1 atom stereocenters. The standard InChI is InChI=1S/C19H32N2/c1-6-16(12-15-10-8-7-9-11-15)20-17-13-18(2,3)21-19(4,5)14-17/h7-11,16-17,20-21H,6,12-14H2,1-5H3. The van der Waals surface area contributed by atoms with Crippen molar-refractivity contribution in [2.45, 2.75) is 83.5 Å². The molecule has 0 radical (unpaired) electrons. The predicted octanol–water partition coefficient (Wildman–Crippen LogP) is 3.91. The maximum absolute atomic E-state index is 3.93. The molecule has 2 nitrogen and oxygen atoms in total. The molecule has 21 heavy (non-hydrogen) atoms. The molecule has 1 aliphatic heterocycles. The Morgan fingerprint density at radius 1 is 1.10 bits per heavy atom. The highest BCUT2D eigenvalue weighted by Crippen LogP contribution is 2.29. The van der Waals surface area contributed by atoms with Crippen LogP contribution in [0.2, 0.25) is 0 Å². The lowest BCUT2D eigenvalue weighted by Crippen LogP contribution is -2.62. The van der Waals surface area contributed by atoms with Crippen molar-refractivity contribution in [1.29, 1.82) is 0 Å².